The van der Waals surface area contributed by atoms with Crippen molar-refractivity contribution in [3.8, 4) is 0 Å². The molecule has 2 unspecified atom stereocenters. The molecule has 0 aliphatic carbocycles. The minimum atomic E-state index is -3.51. The van der Waals surface area contributed by atoms with E-state index < -0.39 is 60.8 Å². The number of aliphatic hydroxyl groups excluding tert-OH is 1. The lowest BCUT2D eigenvalue weighted by molar-refractivity contribution is -0.0869. The van der Waals surface area contributed by atoms with Gasteiger partial charge in [-0.2, -0.15) is 0 Å². The number of fused-ring (bicyclic) bond motifs is 3. The van der Waals surface area contributed by atoms with Crippen LogP contribution in [-0.2, 0) is 6.42 Å². The molecule has 0 amide bonds. The molecule has 3 heterocycles. The van der Waals surface area contributed by atoms with Crippen molar-refractivity contribution in [3.05, 3.63) is 64.6 Å². The summed E-state index contributed by atoms with van der Waals surface area (Å²) in [5.74, 6) is -5.80. The molecule has 2 atom stereocenters. The number of nitrogens with zero attached hydrogens (tertiary/aromatic N) is 2. The van der Waals surface area contributed by atoms with Crippen molar-refractivity contribution in [2.75, 3.05) is 44.8 Å². The Morgan fingerprint density at radius 2 is 1.82 bits per heavy atom. The third-order valence-corrected chi connectivity index (χ3v) is 7.51. The van der Waals surface area contributed by atoms with Crippen molar-refractivity contribution < 1.29 is 31.4 Å². The van der Waals surface area contributed by atoms with E-state index >= 15 is 8.78 Å². The minimum Gasteiger partial charge on any atom is -0.390 e. The summed E-state index contributed by atoms with van der Waals surface area (Å²) in [5, 5.41) is 12.8. The summed E-state index contributed by atoms with van der Waals surface area (Å²) in [6.07, 6.45) is 0.680. The second-order valence-corrected chi connectivity index (χ2v) is 10.3. The van der Waals surface area contributed by atoms with Crippen LogP contribution in [0.2, 0.25) is 0 Å². The van der Waals surface area contributed by atoms with E-state index in [0.29, 0.717) is 48.2 Å². The fraction of sp³-hybridized carbons (Fsp3) is 0.481. The highest BCUT2D eigenvalue weighted by atomic mass is 19.3. The number of hydrogen-bond donors (Lipinski definition) is 3. The van der Waals surface area contributed by atoms with Crippen molar-refractivity contribution in [1.82, 2.24) is 14.8 Å². The number of anilines is 1. The number of aromatic amines is 1. The van der Waals surface area contributed by atoms with Crippen LogP contribution in [0.25, 0.3) is 10.9 Å². The molecule has 0 saturated carbocycles. The highest BCUT2D eigenvalue weighted by Crippen LogP contribution is 2.44. The maximum atomic E-state index is 15.7. The first-order chi connectivity index (χ1) is 18.1. The molecule has 1 aromatic heterocycles. The zero-order valence-corrected chi connectivity index (χ0v) is 20.9. The maximum Gasteiger partial charge on any atom is 0.283 e. The SMILES string of the molecule is CC1Cc2c([nH]c3ccc(F)cc23)C(c2c(F)cc(NC3CN(CCCF)C3)cc2F)N1CC(F)(F)CO. The third-order valence-electron chi connectivity index (χ3n) is 7.51. The van der Waals surface area contributed by atoms with Gasteiger partial charge in [-0.05, 0) is 55.7 Å². The summed E-state index contributed by atoms with van der Waals surface area (Å²) in [6, 6.07) is 4.47. The smallest absolute Gasteiger partial charge is 0.283 e. The monoisotopic (exact) mass is 540 g/mol. The molecule has 0 spiro atoms. The Morgan fingerprint density at radius 1 is 1.11 bits per heavy atom. The van der Waals surface area contributed by atoms with E-state index in [1.54, 1.807) is 6.92 Å². The number of hydrogen-bond acceptors (Lipinski definition) is 4. The van der Waals surface area contributed by atoms with Crippen LogP contribution in [0.15, 0.2) is 30.3 Å². The minimum absolute atomic E-state index is 0.0519. The van der Waals surface area contributed by atoms with Crippen LogP contribution >= 0.6 is 0 Å². The molecule has 11 heteroatoms. The number of aliphatic hydroxyl groups is 1. The molecule has 0 radical (unpaired) electrons. The third kappa shape index (κ3) is 5.11. The standard InChI is InChI=1S/C27H30F6N4O/c1-15-7-20-19-8-16(29)3-4-23(19)35-25(20)26(37(15)13-27(32,33)14-38)24-21(30)9-17(10-22(24)31)34-18-11-36(12-18)6-2-5-28/h3-4,8-10,15,18,26,34-35,38H,2,5-7,11-14H2,1H3. The largest absolute Gasteiger partial charge is 0.390 e. The Hall–Kier alpha value is -2.76. The lowest BCUT2D eigenvalue weighted by atomic mass is 9.87. The average Bonchev–Trinajstić information content (AvgIpc) is 3.18. The number of halogens is 6. The van der Waals surface area contributed by atoms with Crippen molar-refractivity contribution in [2.24, 2.45) is 0 Å². The van der Waals surface area contributed by atoms with Crippen molar-refractivity contribution in [2.45, 2.75) is 43.8 Å². The molecule has 0 bridgehead atoms. The molecule has 1 saturated heterocycles. The normalized spacial score (nSPS) is 21.1. The molecule has 5 rings (SSSR count). The summed E-state index contributed by atoms with van der Waals surface area (Å²) < 4.78 is 86.6. The molecule has 5 nitrogen and oxygen atoms in total. The Morgan fingerprint density at radius 3 is 2.47 bits per heavy atom. The first-order valence-electron chi connectivity index (χ1n) is 12.7. The quantitative estimate of drug-likeness (QED) is 0.335. The Labute approximate surface area is 216 Å². The van der Waals surface area contributed by atoms with Gasteiger partial charge < -0.3 is 15.4 Å². The molecule has 2 aliphatic rings. The fourth-order valence-corrected chi connectivity index (χ4v) is 5.69. The van der Waals surface area contributed by atoms with Gasteiger partial charge in [-0.25, -0.2) is 22.0 Å². The van der Waals surface area contributed by atoms with Gasteiger partial charge in [-0.15, -0.1) is 0 Å². The Balaban J connectivity index is 1.52. The van der Waals surface area contributed by atoms with Gasteiger partial charge in [0.1, 0.15) is 24.1 Å². The predicted octanol–water partition coefficient (Wildman–Crippen LogP) is 5.00. The van der Waals surface area contributed by atoms with Gasteiger partial charge in [0.05, 0.1) is 25.3 Å². The first-order valence-corrected chi connectivity index (χ1v) is 12.7. The molecule has 2 aromatic carbocycles. The topological polar surface area (TPSA) is 54.5 Å². The van der Waals surface area contributed by atoms with Crippen LogP contribution < -0.4 is 5.32 Å². The summed E-state index contributed by atoms with van der Waals surface area (Å²) in [4.78, 5) is 6.40. The van der Waals surface area contributed by atoms with Gasteiger partial charge in [0, 0.05) is 53.5 Å². The predicted molar refractivity (Wildman–Crippen MR) is 133 cm³/mol. The van der Waals surface area contributed by atoms with Gasteiger partial charge >= 0.3 is 0 Å². The first kappa shape index (κ1) is 26.8. The number of likely N-dealkylation sites (tertiary alicyclic amines) is 1. The molecular weight excluding hydrogens is 510 g/mol. The number of nitrogens with one attached hydrogen (secondary N) is 2. The van der Waals surface area contributed by atoms with Crippen molar-refractivity contribution in [3.63, 3.8) is 0 Å². The van der Waals surface area contributed by atoms with E-state index in [9.17, 15) is 22.7 Å². The van der Waals surface area contributed by atoms with Crippen LogP contribution in [-0.4, -0.2) is 77.4 Å². The van der Waals surface area contributed by atoms with Crippen LogP contribution in [0, 0.1) is 17.5 Å². The van der Waals surface area contributed by atoms with E-state index in [1.165, 1.54) is 23.1 Å². The highest BCUT2D eigenvalue weighted by molar-refractivity contribution is 5.85. The van der Waals surface area contributed by atoms with Gasteiger partial charge in [0.15, 0.2) is 0 Å². The van der Waals surface area contributed by atoms with Crippen LogP contribution in [0.4, 0.5) is 32.0 Å². The molecular formula is C27H30F6N4O. The van der Waals surface area contributed by atoms with Crippen LogP contribution in [0.3, 0.4) is 0 Å². The molecule has 1 fully saturated rings. The molecule has 3 aromatic rings. The number of H-pyrrole nitrogens is 1. The zero-order valence-electron chi connectivity index (χ0n) is 20.9. The lowest BCUT2D eigenvalue weighted by Crippen LogP contribution is -2.54. The number of aromatic nitrogens is 1. The summed E-state index contributed by atoms with van der Waals surface area (Å²) >= 11 is 0. The van der Waals surface area contributed by atoms with Crippen LogP contribution in [0.5, 0.6) is 0 Å². The summed E-state index contributed by atoms with van der Waals surface area (Å²) in [6.45, 7) is 0.772. The lowest BCUT2D eigenvalue weighted by Gasteiger charge is -2.42. The van der Waals surface area contributed by atoms with Gasteiger partial charge in [0.25, 0.3) is 5.92 Å². The Bertz CT molecular complexity index is 1290. The van der Waals surface area contributed by atoms with E-state index in [-0.39, 0.29) is 18.2 Å². The second kappa shape index (κ2) is 10.4. The van der Waals surface area contributed by atoms with Gasteiger partial charge in [-0.1, -0.05) is 0 Å². The molecule has 3 N–H and O–H groups in total. The second-order valence-electron chi connectivity index (χ2n) is 10.3. The van der Waals surface area contributed by atoms with E-state index in [0.717, 1.165) is 12.1 Å². The maximum absolute atomic E-state index is 15.7. The fourth-order valence-electron chi connectivity index (χ4n) is 5.69. The molecule has 206 valence electrons. The zero-order chi connectivity index (χ0) is 27.2. The van der Waals surface area contributed by atoms with Crippen molar-refractivity contribution in [1.29, 1.82) is 0 Å². The van der Waals surface area contributed by atoms with E-state index in [2.05, 4.69) is 10.3 Å². The van der Waals surface area contributed by atoms with Crippen LogP contribution in [0.1, 0.15) is 36.2 Å². The summed E-state index contributed by atoms with van der Waals surface area (Å²) in [7, 11) is 0. The van der Waals surface area contributed by atoms with E-state index in [4.69, 9.17) is 0 Å². The van der Waals surface area contributed by atoms with Crippen molar-refractivity contribution >= 4 is 16.6 Å². The number of alkyl halides is 3. The molecule has 2 aliphatic heterocycles. The van der Waals surface area contributed by atoms with E-state index in [1.807, 2.05) is 4.90 Å². The average molecular weight is 541 g/mol. The molecule has 38 heavy (non-hydrogen) atoms. The summed E-state index contributed by atoms with van der Waals surface area (Å²) in [5.41, 5.74) is 1.28. The van der Waals surface area contributed by atoms with Gasteiger partial charge in [0.2, 0.25) is 0 Å². The number of benzene rings is 2. The Kier molecular flexibility index (Phi) is 7.36. The number of rotatable bonds is 9. The highest BCUT2D eigenvalue weighted by Gasteiger charge is 2.43. The van der Waals surface area contributed by atoms with Gasteiger partial charge in [-0.3, -0.25) is 14.2 Å².